The summed E-state index contributed by atoms with van der Waals surface area (Å²) in [5.74, 6) is -0.313. The van der Waals surface area contributed by atoms with Gasteiger partial charge in [-0.2, -0.15) is 0 Å². The van der Waals surface area contributed by atoms with E-state index < -0.39 is 6.83 Å². The Bertz CT molecular complexity index is 780. The Morgan fingerprint density at radius 1 is 0.741 bits per heavy atom. The number of benzene rings is 3. The van der Waals surface area contributed by atoms with Crippen molar-refractivity contribution in [3.05, 3.63) is 91.0 Å². The first-order valence-corrected chi connectivity index (χ1v) is 11.4. The van der Waals surface area contributed by atoms with Crippen molar-refractivity contribution in [2.45, 2.75) is 13.8 Å². The molecule has 3 rings (SSSR count). The maximum atomic E-state index is 11.9. The zero-order chi connectivity index (χ0) is 19.2. The molecule has 0 saturated carbocycles. The third-order valence-corrected chi connectivity index (χ3v) is 10.5. The second-order valence-electron chi connectivity index (χ2n) is 6.40. The summed E-state index contributed by atoms with van der Waals surface area (Å²) in [4.78, 5) is 11.9. The van der Waals surface area contributed by atoms with E-state index in [1.807, 2.05) is 61.5 Å². The van der Waals surface area contributed by atoms with Crippen molar-refractivity contribution < 1.29 is 14.1 Å². The number of carbonyl (C=O) groups is 1. The summed E-state index contributed by atoms with van der Waals surface area (Å²) in [6, 6.07) is 30.5. The second kappa shape index (κ2) is 8.04. The predicted octanol–water partition coefficient (Wildman–Crippen LogP) is 3.99. The van der Waals surface area contributed by atoms with E-state index in [0.29, 0.717) is 6.61 Å². The van der Waals surface area contributed by atoms with E-state index in [1.54, 1.807) is 0 Å². The van der Waals surface area contributed by atoms with Gasteiger partial charge in [-0.05, 0) is 0 Å². The molecule has 0 aliphatic heterocycles. The van der Waals surface area contributed by atoms with Crippen LogP contribution in [0, 0.1) is 0 Å². The first-order chi connectivity index (χ1) is 13.1. The number of ether oxygens (including phenoxy) is 1. The van der Waals surface area contributed by atoms with Crippen molar-refractivity contribution in [1.29, 1.82) is 0 Å². The van der Waals surface area contributed by atoms with E-state index in [2.05, 4.69) is 36.4 Å². The summed E-state index contributed by atoms with van der Waals surface area (Å²) in [7, 11) is 0. The normalized spacial score (nSPS) is 12.7. The van der Waals surface area contributed by atoms with Gasteiger partial charge < -0.3 is 0 Å². The van der Waals surface area contributed by atoms with Gasteiger partial charge in [0.15, 0.2) is 0 Å². The number of hydrogen-bond acceptors (Lipinski definition) is 3. The molecular formula is C23H25O3P. The first kappa shape index (κ1) is 19.3. The first-order valence-electron chi connectivity index (χ1n) is 9.09. The molecule has 0 aromatic heterocycles. The quantitative estimate of drug-likeness (QED) is 0.459. The maximum absolute atomic E-state index is 11.9. The summed E-state index contributed by atoms with van der Waals surface area (Å²) in [5.41, 5.74) is 0. The van der Waals surface area contributed by atoms with E-state index in [-0.39, 0.29) is 12.3 Å². The Morgan fingerprint density at radius 2 is 1.11 bits per heavy atom. The standard InChI is InChI=1S/C23H25O3P/c1-3-26-27(19-25-20(2)24,21-13-7-4-8-14-21,22-15-9-5-10-16-22)23-17-11-6-12-18-23/h4-18H,3,19H2,1-2H3. The monoisotopic (exact) mass is 380 g/mol. The van der Waals surface area contributed by atoms with Gasteiger partial charge in [0, 0.05) is 0 Å². The van der Waals surface area contributed by atoms with E-state index in [1.165, 1.54) is 6.92 Å². The fraction of sp³-hybridized carbons (Fsp3) is 0.174. The molecule has 0 atom stereocenters. The molecule has 0 saturated heterocycles. The summed E-state index contributed by atoms with van der Waals surface area (Å²) < 4.78 is 12.5. The molecule has 0 radical (unpaired) electrons. The van der Waals surface area contributed by atoms with Crippen molar-refractivity contribution in [3.8, 4) is 0 Å². The molecule has 0 spiro atoms. The van der Waals surface area contributed by atoms with Gasteiger partial charge in [-0.3, -0.25) is 0 Å². The van der Waals surface area contributed by atoms with E-state index in [4.69, 9.17) is 9.26 Å². The molecule has 3 aromatic rings. The van der Waals surface area contributed by atoms with Crippen LogP contribution in [0.3, 0.4) is 0 Å². The SMILES string of the molecule is CCOP(COC(C)=O)(c1ccccc1)(c1ccccc1)c1ccccc1. The van der Waals surface area contributed by atoms with Gasteiger partial charge in [0.1, 0.15) is 0 Å². The van der Waals surface area contributed by atoms with Crippen LogP contribution in [0.1, 0.15) is 13.8 Å². The summed E-state index contributed by atoms with van der Waals surface area (Å²) in [6.45, 7) is 0.437. The van der Waals surface area contributed by atoms with Gasteiger partial charge in [0.25, 0.3) is 0 Å². The fourth-order valence-electron chi connectivity index (χ4n) is 3.66. The summed E-state index contributed by atoms with van der Waals surface area (Å²) >= 11 is 0. The third kappa shape index (κ3) is 3.29. The second-order valence-corrected chi connectivity index (χ2v) is 10.9. The van der Waals surface area contributed by atoms with Crippen LogP contribution in [-0.2, 0) is 14.1 Å². The molecule has 3 aromatic carbocycles. The Kier molecular flexibility index (Phi) is 5.74. The molecule has 0 bridgehead atoms. The van der Waals surface area contributed by atoms with Crippen LogP contribution in [0.15, 0.2) is 91.0 Å². The molecular weight excluding hydrogens is 355 g/mol. The van der Waals surface area contributed by atoms with Crippen LogP contribution in [0.4, 0.5) is 0 Å². The Hall–Kier alpha value is -2.48. The van der Waals surface area contributed by atoms with Gasteiger partial charge >= 0.3 is 161 Å². The molecule has 0 heterocycles. The molecule has 0 unspecified atom stereocenters. The number of hydrogen-bond donors (Lipinski definition) is 0. The molecule has 0 N–H and O–H groups in total. The van der Waals surface area contributed by atoms with Crippen LogP contribution < -0.4 is 15.9 Å². The van der Waals surface area contributed by atoms with Crippen molar-refractivity contribution >= 4 is 28.7 Å². The molecule has 0 aliphatic rings. The van der Waals surface area contributed by atoms with Gasteiger partial charge in [0.05, 0.1) is 0 Å². The van der Waals surface area contributed by atoms with Crippen molar-refractivity contribution in [3.63, 3.8) is 0 Å². The average Bonchev–Trinajstić information content (AvgIpc) is 2.73. The average molecular weight is 380 g/mol. The molecule has 0 fully saturated rings. The Labute approximate surface area is 161 Å². The Balaban J connectivity index is 2.46. The van der Waals surface area contributed by atoms with Gasteiger partial charge in [-0.25, -0.2) is 0 Å². The molecule has 0 aliphatic carbocycles. The van der Waals surface area contributed by atoms with Gasteiger partial charge in [-0.15, -0.1) is 0 Å². The zero-order valence-corrected chi connectivity index (χ0v) is 16.6. The van der Waals surface area contributed by atoms with Crippen LogP contribution in [0.5, 0.6) is 0 Å². The van der Waals surface area contributed by atoms with Crippen LogP contribution in [0.25, 0.3) is 0 Å². The van der Waals surface area contributed by atoms with E-state index in [9.17, 15) is 4.79 Å². The topological polar surface area (TPSA) is 35.5 Å². The van der Waals surface area contributed by atoms with Crippen LogP contribution in [0.2, 0.25) is 0 Å². The van der Waals surface area contributed by atoms with Crippen molar-refractivity contribution in [2.24, 2.45) is 0 Å². The van der Waals surface area contributed by atoms with Crippen LogP contribution >= 0.6 is 6.83 Å². The predicted molar refractivity (Wildman–Crippen MR) is 113 cm³/mol. The molecule has 4 heteroatoms. The van der Waals surface area contributed by atoms with Crippen molar-refractivity contribution in [2.75, 3.05) is 13.0 Å². The number of esters is 1. The molecule has 27 heavy (non-hydrogen) atoms. The van der Waals surface area contributed by atoms with Gasteiger partial charge in [0.2, 0.25) is 0 Å². The van der Waals surface area contributed by atoms with E-state index >= 15 is 0 Å². The van der Waals surface area contributed by atoms with Gasteiger partial charge in [-0.1, -0.05) is 0 Å². The molecule has 0 amide bonds. The molecule has 3 nitrogen and oxygen atoms in total. The molecule has 140 valence electrons. The van der Waals surface area contributed by atoms with Crippen molar-refractivity contribution in [1.82, 2.24) is 0 Å². The number of rotatable bonds is 7. The van der Waals surface area contributed by atoms with E-state index in [0.717, 1.165) is 15.9 Å². The van der Waals surface area contributed by atoms with Crippen LogP contribution in [-0.4, -0.2) is 18.9 Å². The zero-order valence-electron chi connectivity index (χ0n) is 15.7. The Morgan fingerprint density at radius 3 is 1.41 bits per heavy atom. The number of carbonyl (C=O) groups excluding carboxylic acids is 1. The fourth-order valence-corrected chi connectivity index (χ4v) is 8.93. The summed E-state index contributed by atoms with van der Waals surface area (Å²) in [5, 5.41) is 3.14. The summed E-state index contributed by atoms with van der Waals surface area (Å²) in [6.07, 6.45) is 0.173. The minimum atomic E-state index is -3.49. The third-order valence-electron chi connectivity index (χ3n) is 4.84. The minimum absolute atomic E-state index is 0.173.